The zero-order chi connectivity index (χ0) is 13.1. The van der Waals surface area contributed by atoms with Crippen molar-refractivity contribution in [1.29, 1.82) is 0 Å². The maximum Gasteiger partial charge on any atom is 0.259 e. The van der Waals surface area contributed by atoms with E-state index in [1.807, 2.05) is 0 Å². The van der Waals surface area contributed by atoms with Gasteiger partial charge in [-0.25, -0.2) is 4.39 Å². The van der Waals surface area contributed by atoms with Crippen LogP contribution in [-0.4, -0.2) is 23.9 Å². The minimum Gasteiger partial charge on any atom is -0.383 e. The Balaban J connectivity index is 2.32. The Kier molecular flexibility index (Phi) is 3.90. The zero-order valence-electron chi connectivity index (χ0n) is 9.56. The average Bonchev–Trinajstić information content (AvgIpc) is 2.82. The molecule has 0 amide bonds. The van der Waals surface area contributed by atoms with Gasteiger partial charge in [0.15, 0.2) is 5.82 Å². The Hall–Kier alpha value is -1.50. The van der Waals surface area contributed by atoms with Gasteiger partial charge < -0.3 is 15.0 Å². The van der Waals surface area contributed by atoms with Crippen molar-refractivity contribution in [2.75, 3.05) is 13.7 Å². The van der Waals surface area contributed by atoms with Crippen molar-refractivity contribution >= 4 is 11.6 Å². The topological polar surface area (TPSA) is 74.2 Å². The predicted molar refractivity (Wildman–Crippen MR) is 63.5 cm³/mol. The number of ether oxygens (including phenoxy) is 1. The predicted octanol–water partition coefficient (Wildman–Crippen LogP) is 2.18. The van der Waals surface area contributed by atoms with E-state index in [-0.39, 0.29) is 23.3 Å². The third-order valence-electron chi connectivity index (χ3n) is 2.30. The van der Waals surface area contributed by atoms with Gasteiger partial charge in [0.1, 0.15) is 5.82 Å². The monoisotopic (exact) mass is 271 g/mol. The number of benzene rings is 1. The molecule has 1 aromatic carbocycles. The molecule has 1 unspecified atom stereocenters. The van der Waals surface area contributed by atoms with Crippen molar-refractivity contribution in [2.45, 2.75) is 6.04 Å². The SMILES string of the molecule is COCC(N)c1noc(-c2cccc(F)c2Cl)n1. The van der Waals surface area contributed by atoms with Crippen LogP contribution >= 0.6 is 11.6 Å². The first-order chi connectivity index (χ1) is 8.63. The highest BCUT2D eigenvalue weighted by Gasteiger charge is 2.18. The number of nitrogens with two attached hydrogens (primary N) is 1. The molecule has 1 heterocycles. The van der Waals surface area contributed by atoms with Crippen LogP contribution in [0.5, 0.6) is 0 Å². The lowest BCUT2D eigenvalue weighted by Crippen LogP contribution is -2.17. The lowest BCUT2D eigenvalue weighted by Gasteiger charge is -2.03. The number of methoxy groups -OCH3 is 1. The van der Waals surface area contributed by atoms with Crippen LogP contribution in [-0.2, 0) is 4.74 Å². The van der Waals surface area contributed by atoms with E-state index in [9.17, 15) is 4.39 Å². The third kappa shape index (κ3) is 2.50. The van der Waals surface area contributed by atoms with Crippen molar-refractivity contribution in [3.8, 4) is 11.5 Å². The highest BCUT2D eigenvalue weighted by Crippen LogP contribution is 2.29. The highest BCUT2D eigenvalue weighted by molar-refractivity contribution is 6.33. The molecule has 96 valence electrons. The lowest BCUT2D eigenvalue weighted by molar-refractivity contribution is 0.177. The van der Waals surface area contributed by atoms with Gasteiger partial charge in [-0.05, 0) is 12.1 Å². The summed E-state index contributed by atoms with van der Waals surface area (Å²) in [6.07, 6.45) is 0. The largest absolute Gasteiger partial charge is 0.383 e. The molecule has 0 spiro atoms. The Bertz CT molecular complexity index is 547. The van der Waals surface area contributed by atoms with Gasteiger partial charge >= 0.3 is 0 Å². The molecule has 0 fully saturated rings. The first kappa shape index (κ1) is 12.9. The van der Waals surface area contributed by atoms with Gasteiger partial charge in [-0.2, -0.15) is 4.98 Å². The van der Waals surface area contributed by atoms with Crippen LogP contribution in [0.4, 0.5) is 4.39 Å². The van der Waals surface area contributed by atoms with E-state index < -0.39 is 11.9 Å². The molecule has 2 N–H and O–H groups in total. The molecule has 2 rings (SSSR count). The summed E-state index contributed by atoms with van der Waals surface area (Å²) in [5.74, 6) is -0.136. The number of nitrogens with zero attached hydrogens (tertiary/aromatic N) is 2. The van der Waals surface area contributed by atoms with E-state index in [1.165, 1.54) is 19.2 Å². The van der Waals surface area contributed by atoms with Crippen LogP contribution in [0.3, 0.4) is 0 Å². The Labute approximate surface area is 108 Å². The minimum atomic E-state index is -0.546. The Morgan fingerprint density at radius 1 is 1.56 bits per heavy atom. The molecule has 0 saturated heterocycles. The van der Waals surface area contributed by atoms with E-state index in [0.717, 1.165) is 0 Å². The molecule has 2 aromatic rings. The summed E-state index contributed by atoms with van der Waals surface area (Å²) in [6.45, 7) is 0.260. The normalized spacial score (nSPS) is 12.7. The summed E-state index contributed by atoms with van der Waals surface area (Å²) < 4.78 is 23.2. The van der Waals surface area contributed by atoms with Crippen LogP contribution < -0.4 is 5.73 Å². The lowest BCUT2D eigenvalue weighted by atomic mass is 10.2. The molecule has 0 aliphatic carbocycles. The fourth-order valence-electron chi connectivity index (χ4n) is 1.42. The highest BCUT2D eigenvalue weighted by atomic mass is 35.5. The number of halogens is 2. The molecule has 0 aliphatic rings. The van der Waals surface area contributed by atoms with Gasteiger partial charge in [-0.3, -0.25) is 0 Å². The molecular weight excluding hydrogens is 261 g/mol. The van der Waals surface area contributed by atoms with Gasteiger partial charge in [0.05, 0.1) is 23.2 Å². The summed E-state index contributed by atoms with van der Waals surface area (Å²) >= 11 is 5.82. The van der Waals surface area contributed by atoms with Crippen LogP contribution in [0.15, 0.2) is 22.7 Å². The standard InChI is InChI=1S/C11H11ClFN3O2/c1-17-5-8(14)10-15-11(18-16-10)6-3-2-4-7(13)9(6)12/h2-4,8H,5,14H2,1H3. The fraction of sp³-hybridized carbons (Fsp3) is 0.273. The number of aromatic nitrogens is 2. The maximum atomic E-state index is 13.3. The molecule has 0 bridgehead atoms. The molecular formula is C11H11ClFN3O2. The smallest absolute Gasteiger partial charge is 0.259 e. The average molecular weight is 272 g/mol. The van der Waals surface area contributed by atoms with Crippen LogP contribution in [0, 0.1) is 5.82 Å². The molecule has 1 aromatic heterocycles. The zero-order valence-corrected chi connectivity index (χ0v) is 10.3. The molecule has 0 radical (unpaired) electrons. The molecule has 18 heavy (non-hydrogen) atoms. The van der Waals surface area contributed by atoms with Crippen LogP contribution in [0.2, 0.25) is 5.02 Å². The number of rotatable bonds is 4. The van der Waals surface area contributed by atoms with Crippen molar-refractivity contribution in [1.82, 2.24) is 10.1 Å². The second-order valence-electron chi connectivity index (χ2n) is 3.62. The summed E-state index contributed by atoms with van der Waals surface area (Å²) in [4.78, 5) is 4.07. The first-order valence-corrected chi connectivity index (χ1v) is 5.53. The van der Waals surface area contributed by atoms with E-state index >= 15 is 0 Å². The summed E-state index contributed by atoms with van der Waals surface area (Å²) in [7, 11) is 1.52. The number of hydrogen-bond acceptors (Lipinski definition) is 5. The van der Waals surface area contributed by atoms with E-state index in [0.29, 0.717) is 5.56 Å². The summed E-state index contributed by atoms with van der Waals surface area (Å²) in [5, 5.41) is 3.65. The van der Waals surface area contributed by atoms with Crippen molar-refractivity contribution < 1.29 is 13.7 Å². The van der Waals surface area contributed by atoms with Gasteiger partial charge in [0.2, 0.25) is 0 Å². The van der Waals surface area contributed by atoms with E-state index in [2.05, 4.69) is 10.1 Å². The minimum absolute atomic E-state index is 0.0620. The van der Waals surface area contributed by atoms with Crippen molar-refractivity contribution in [3.05, 3.63) is 34.9 Å². The van der Waals surface area contributed by atoms with Gasteiger partial charge in [0, 0.05) is 7.11 Å². The molecule has 7 heteroatoms. The second kappa shape index (κ2) is 5.43. The molecule has 1 atom stereocenters. The Morgan fingerprint density at radius 3 is 3.06 bits per heavy atom. The van der Waals surface area contributed by atoms with E-state index in [4.69, 9.17) is 26.6 Å². The maximum absolute atomic E-state index is 13.3. The molecule has 5 nitrogen and oxygen atoms in total. The molecule has 0 aliphatic heterocycles. The summed E-state index contributed by atoms with van der Waals surface area (Å²) in [5.41, 5.74) is 6.08. The van der Waals surface area contributed by atoms with E-state index in [1.54, 1.807) is 6.07 Å². The van der Waals surface area contributed by atoms with Gasteiger partial charge in [-0.1, -0.05) is 22.8 Å². The first-order valence-electron chi connectivity index (χ1n) is 5.16. The Morgan fingerprint density at radius 2 is 2.33 bits per heavy atom. The summed E-state index contributed by atoms with van der Waals surface area (Å²) in [6, 6.07) is 3.85. The van der Waals surface area contributed by atoms with Crippen LogP contribution in [0.25, 0.3) is 11.5 Å². The van der Waals surface area contributed by atoms with Crippen molar-refractivity contribution in [3.63, 3.8) is 0 Å². The quantitative estimate of drug-likeness (QED) is 0.922. The van der Waals surface area contributed by atoms with Gasteiger partial charge in [-0.15, -0.1) is 0 Å². The van der Waals surface area contributed by atoms with Crippen molar-refractivity contribution in [2.24, 2.45) is 5.73 Å². The van der Waals surface area contributed by atoms with Crippen LogP contribution in [0.1, 0.15) is 11.9 Å². The van der Waals surface area contributed by atoms with Gasteiger partial charge in [0.25, 0.3) is 5.89 Å². The number of hydrogen-bond donors (Lipinski definition) is 1. The second-order valence-corrected chi connectivity index (χ2v) is 4.00. The molecule has 0 saturated carbocycles. The fourth-order valence-corrected chi connectivity index (χ4v) is 1.62. The third-order valence-corrected chi connectivity index (χ3v) is 2.69.